The number of non-ortho nitro benzene ring substituents is 1. The van der Waals surface area contributed by atoms with Crippen LogP contribution in [0.4, 0.5) is 14.5 Å². The Labute approximate surface area is 152 Å². The third-order valence-electron chi connectivity index (χ3n) is 3.39. The Morgan fingerprint density at radius 2 is 1.85 bits per heavy atom. The number of carbonyl (C=O) groups excluding carboxylic acids is 1. The molecule has 0 aliphatic rings. The van der Waals surface area contributed by atoms with Gasteiger partial charge in [-0.3, -0.25) is 14.9 Å². The van der Waals surface area contributed by atoms with Crippen LogP contribution >= 0.6 is 0 Å². The van der Waals surface area contributed by atoms with Crippen molar-refractivity contribution >= 4 is 21.4 Å². The van der Waals surface area contributed by atoms with Gasteiger partial charge in [-0.25, -0.2) is 8.42 Å². The first kappa shape index (κ1) is 20.2. The summed E-state index contributed by atoms with van der Waals surface area (Å²) in [5.41, 5.74) is -0.169. The number of amides is 1. The normalized spacial score (nSPS) is 11.3. The lowest BCUT2D eigenvalue weighted by molar-refractivity contribution is -0.385. The highest BCUT2D eigenvalue weighted by Crippen LogP contribution is 2.21. The molecule has 2 rings (SSSR count). The van der Waals surface area contributed by atoms with Gasteiger partial charge in [-0.1, -0.05) is 12.1 Å². The topological polar surface area (TPSA) is 116 Å². The van der Waals surface area contributed by atoms with Gasteiger partial charge in [0.05, 0.1) is 9.82 Å². The van der Waals surface area contributed by atoms with Gasteiger partial charge in [-0.15, -0.1) is 0 Å². The number of rotatable bonds is 7. The van der Waals surface area contributed by atoms with Gasteiger partial charge in [0.1, 0.15) is 5.75 Å². The van der Waals surface area contributed by atoms with Gasteiger partial charge >= 0.3 is 6.61 Å². The van der Waals surface area contributed by atoms with E-state index in [4.69, 9.17) is 0 Å². The molecule has 27 heavy (non-hydrogen) atoms. The Balaban J connectivity index is 2.15. The summed E-state index contributed by atoms with van der Waals surface area (Å²) in [6, 6.07) is 8.36. The molecule has 0 saturated heterocycles. The molecule has 0 heterocycles. The van der Waals surface area contributed by atoms with Gasteiger partial charge in [0.2, 0.25) is 0 Å². The number of nitrogens with zero attached hydrogens (tertiary/aromatic N) is 1. The molecule has 0 fully saturated rings. The summed E-state index contributed by atoms with van der Waals surface area (Å²) in [7, 11) is -3.76. The Morgan fingerprint density at radius 3 is 2.37 bits per heavy atom. The number of halogens is 2. The van der Waals surface area contributed by atoms with Crippen LogP contribution < -0.4 is 10.1 Å². The molecule has 1 N–H and O–H groups in total. The lowest BCUT2D eigenvalue weighted by Gasteiger charge is -2.08. The van der Waals surface area contributed by atoms with Crippen molar-refractivity contribution in [2.24, 2.45) is 0 Å². The van der Waals surface area contributed by atoms with Crippen LogP contribution in [0.15, 0.2) is 47.4 Å². The smallest absolute Gasteiger partial charge is 0.387 e. The van der Waals surface area contributed by atoms with Crippen molar-refractivity contribution in [3.05, 3.63) is 63.7 Å². The fourth-order valence-electron chi connectivity index (χ4n) is 2.11. The van der Waals surface area contributed by atoms with Crippen LogP contribution in [0, 0.1) is 10.1 Å². The number of benzene rings is 2. The van der Waals surface area contributed by atoms with Gasteiger partial charge in [-0.2, -0.15) is 8.78 Å². The Bertz CT molecular complexity index is 961. The molecule has 0 saturated carbocycles. The predicted molar refractivity (Wildman–Crippen MR) is 90.5 cm³/mol. The van der Waals surface area contributed by atoms with E-state index < -0.39 is 33.0 Å². The van der Waals surface area contributed by atoms with Gasteiger partial charge < -0.3 is 10.1 Å². The lowest BCUT2D eigenvalue weighted by atomic mass is 10.1. The van der Waals surface area contributed by atoms with E-state index in [0.717, 1.165) is 24.5 Å². The van der Waals surface area contributed by atoms with Crippen LogP contribution in [0.25, 0.3) is 0 Å². The molecule has 11 heteroatoms. The van der Waals surface area contributed by atoms with Gasteiger partial charge in [0.15, 0.2) is 9.84 Å². The number of hydrogen-bond acceptors (Lipinski definition) is 6. The zero-order chi connectivity index (χ0) is 20.2. The Morgan fingerprint density at radius 1 is 1.22 bits per heavy atom. The molecule has 144 valence electrons. The number of carbonyl (C=O) groups is 1. The summed E-state index contributed by atoms with van der Waals surface area (Å²) in [4.78, 5) is 22.0. The summed E-state index contributed by atoms with van der Waals surface area (Å²) in [5.74, 6) is -0.770. The average Bonchev–Trinajstić information content (AvgIpc) is 2.59. The van der Waals surface area contributed by atoms with E-state index in [9.17, 15) is 32.1 Å². The summed E-state index contributed by atoms with van der Waals surface area (Å²) < 4.78 is 51.7. The van der Waals surface area contributed by atoms with E-state index in [1.807, 2.05) is 0 Å². The molecular formula is C16H14F2N2O6S. The highest BCUT2D eigenvalue weighted by Gasteiger charge is 2.19. The first-order valence-electron chi connectivity index (χ1n) is 7.38. The molecule has 0 aromatic heterocycles. The van der Waals surface area contributed by atoms with E-state index in [-0.39, 0.29) is 22.8 Å². The first-order chi connectivity index (χ1) is 12.6. The maximum absolute atomic E-state index is 12.2. The van der Waals surface area contributed by atoms with Crippen molar-refractivity contribution < 1.29 is 31.7 Å². The third kappa shape index (κ3) is 5.71. The number of nitrogens with one attached hydrogen (secondary N) is 1. The second-order valence-corrected chi connectivity index (χ2v) is 7.47. The summed E-state index contributed by atoms with van der Waals surface area (Å²) in [5, 5.41) is 13.4. The number of sulfone groups is 1. The standard InChI is InChI=1S/C16H14F2N2O6S/c1-27(24,25)14-7-11(6-12(8-14)20(22)23)15(21)19-9-10-2-4-13(5-3-10)26-16(17)18/h2-8,16H,9H2,1H3,(H,19,21). The van der Waals surface area contributed by atoms with Crippen molar-refractivity contribution in [1.29, 1.82) is 0 Å². The zero-order valence-electron chi connectivity index (χ0n) is 13.9. The number of alkyl halides is 2. The number of ether oxygens (including phenoxy) is 1. The third-order valence-corrected chi connectivity index (χ3v) is 4.49. The summed E-state index contributed by atoms with van der Waals surface area (Å²) >= 11 is 0. The quantitative estimate of drug-likeness (QED) is 0.564. The molecule has 0 unspecified atom stereocenters. The minimum absolute atomic E-state index is 0.00923. The van der Waals surface area contributed by atoms with E-state index in [0.29, 0.717) is 5.56 Å². The second kappa shape index (κ2) is 8.08. The zero-order valence-corrected chi connectivity index (χ0v) is 14.7. The lowest BCUT2D eigenvalue weighted by Crippen LogP contribution is -2.23. The Kier molecular flexibility index (Phi) is 6.05. The molecule has 2 aromatic carbocycles. The molecular weight excluding hydrogens is 386 g/mol. The molecule has 0 bridgehead atoms. The Hall–Kier alpha value is -3.08. The van der Waals surface area contributed by atoms with E-state index in [2.05, 4.69) is 10.1 Å². The highest BCUT2D eigenvalue weighted by molar-refractivity contribution is 7.90. The monoisotopic (exact) mass is 400 g/mol. The average molecular weight is 400 g/mol. The van der Waals surface area contributed by atoms with Crippen LogP contribution in [0.5, 0.6) is 5.75 Å². The molecule has 1 amide bonds. The van der Waals surface area contributed by atoms with Crippen LogP contribution in [-0.2, 0) is 16.4 Å². The minimum atomic E-state index is -3.76. The number of hydrogen-bond donors (Lipinski definition) is 1. The van der Waals surface area contributed by atoms with E-state index in [1.54, 1.807) is 0 Å². The van der Waals surface area contributed by atoms with Crippen LogP contribution in [0.2, 0.25) is 0 Å². The van der Waals surface area contributed by atoms with Crippen LogP contribution in [0.3, 0.4) is 0 Å². The molecule has 0 aliphatic heterocycles. The molecule has 0 radical (unpaired) electrons. The predicted octanol–water partition coefficient (Wildman–Crippen LogP) is 2.53. The molecule has 8 nitrogen and oxygen atoms in total. The number of nitro groups is 1. The van der Waals surface area contributed by atoms with Crippen molar-refractivity contribution in [2.45, 2.75) is 18.1 Å². The fraction of sp³-hybridized carbons (Fsp3) is 0.188. The van der Waals surface area contributed by atoms with E-state index >= 15 is 0 Å². The van der Waals surface area contributed by atoms with Gasteiger partial charge in [-0.05, 0) is 23.8 Å². The van der Waals surface area contributed by atoms with Gasteiger partial charge in [0, 0.05) is 30.5 Å². The second-order valence-electron chi connectivity index (χ2n) is 5.45. The van der Waals surface area contributed by atoms with Crippen molar-refractivity contribution in [1.82, 2.24) is 5.32 Å². The summed E-state index contributed by atoms with van der Waals surface area (Å²) in [6.07, 6.45) is 0.872. The molecule has 0 aliphatic carbocycles. The number of nitro benzene ring substituents is 1. The van der Waals surface area contributed by atoms with Crippen LogP contribution in [-0.4, -0.2) is 32.1 Å². The van der Waals surface area contributed by atoms with Crippen molar-refractivity contribution in [2.75, 3.05) is 6.26 Å². The highest BCUT2D eigenvalue weighted by atomic mass is 32.2. The van der Waals surface area contributed by atoms with Crippen LogP contribution in [0.1, 0.15) is 15.9 Å². The first-order valence-corrected chi connectivity index (χ1v) is 9.27. The van der Waals surface area contributed by atoms with Gasteiger partial charge in [0.25, 0.3) is 11.6 Å². The largest absolute Gasteiger partial charge is 0.435 e. The SMILES string of the molecule is CS(=O)(=O)c1cc(C(=O)NCc2ccc(OC(F)F)cc2)cc([N+](=O)[O-])c1. The molecule has 2 aromatic rings. The van der Waals surface area contributed by atoms with Crippen molar-refractivity contribution in [3.63, 3.8) is 0 Å². The molecule has 0 atom stereocenters. The minimum Gasteiger partial charge on any atom is -0.435 e. The van der Waals surface area contributed by atoms with Crippen molar-refractivity contribution in [3.8, 4) is 5.75 Å². The summed E-state index contributed by atoms with van der Waals surface area (Å²) in [6.45, 7) is -2.96. The molecule has 0 spiro atoms. The van der Waals surface area contributed by atoms with E-state index in [1.165, 1.54) is 24.3 Å². The maximum Gasteiger partial charge on any atom is 0.387 e. The maximum atomic E-state index is 12.2. The fourth-order valence-corrected chi connectivity index (χ4v) is 2.78.